The van der Waals surface area contributed by atoms with Crippen molar-refractivity contribution in [3.8, 4) is 51.0 Å². The van der Waals surface area contributed by atoms with E-state index in [0.717, 1.165) is 39.0 Å². The van der Waals surface area contributed by atoms with Gasteiger partial charge in [-0.2, -0.15) is 0 Å². The van der Waals surface area contributed by atoms with Crippen LogP contribution in [0.15, 0.2) is 152 Å². The van der Waals surface area contributed by atoms with Crippen LogP contribution in [0, 0.1) is 6.92 Å². The first-order valence-electron chi connectivity index (χ1n) is 14.8. The van der Waals surface area contributed by atoms with E-state index in [0.29, 0.717) is 17.5 Å². The lowest BCUT2D eigenvalue weighted by Crippen LogP contribution is -2.04. The molecule has 0 bridgehead atoms. The van der Waals surface area contributed by atoms with Crippen LogP contribution in [0.25, 0.3) is 72.8 Å². The molecule has 8 rings (SSSR count). The van der Waals surface area contributed by atoms with Crippen molar-refractivity contribution in [1.29, 1.82) is 0 Å². The van der Waals surface area contributed by atoms with Gasteiger partial charge >= 0.3 is 0 Å². The van der Waals surface area contributed by atoms with E-state index in [-0.39, 0.29) is 0 Å². The zero-order valence-corrected chi connectivity index (χ0v) is 24.2. The number of hydrogen-bond acceptors (Lipinski definition) is 3. The highest BCUT2D eigenvalue weighted by atomic mass is 15.1. The summed E-state index contributed by atoms with van der Waals surface area (Å²) in [5.41, 5.74) is 9.70. The maximum atomic E-state index is 5.09. The molecule has 8 aromatic rings. The Labute approximate surface area is 256 Å². The molecule has 0 atom stereocenters. The zero-order chi connectivity index (χ0) is 29.5. The molecule has 0 saturated heterocycles. The summed E-state index contributed by atoms with van der Waals surface area (Å²) in [7, 11) is 0. The molecule has 6 aromatic carbocycles. The van der Waals surface area contributed by atoms with E-state index in [2.05, 4.69) is 102 Å². The third kappa shape index (κ3) is 4.54. The molecule has 0 aliphatic heterocycles. The van der Waals surface area contributed by atoms with E-state index < -0.39 is 0 Å². The van der Waals surface area contributed by atoms with Gasteiger partial charge < -0.3 is 4.57 Å². The first-order valence-corrected chi connectivity index (χ1v) is 14.8. The van der Waals surface area contributed by atoms with Crippen LogP contribution in [0.3, 0.4) is 0 Å². The molecule has 0 N–H and O–H groups in total. The lowest BCUT2D eigenvalue weighted by atomic mass is 10.0. The molecule has 0 radical (unpaired) electrons. The number of fused-ring (bicyclic) bond motifs is 3. The minimum absolute atomic E-state index is 0.642. The maximum Gasteiger partial charge on any atom is 0.166 e. The van der Waals surface area contributed by atoms with E-state index in [1.807, 2.05) is 60.7 Å². The van der Waals surface area contributed by atoms with Gasteiger partial charge in [0.1, 0.15) is 0 Å². The first kappa shape index (κ1) is 25.8. The second kappa shape index (κ2) is 10.8. The van der Waals surface area contributed by atoms with Gasteiger partial charge in [0.15, 0.2) is 17.5 Å². The highest BCUT2D eigenvalue weighted by molar-refractivity contribution is 6.11. The fourth-order valence-electron chi connectivity index (χ4n) is 6.00. The summed E-state index contributed by atoms with van der Waals surface area (Å²) in [5, 5.41) is 2.41. The van der Waals surface area contributed by atoms with Gasteiger partial charge in [-0.1, -0.05) is 127 Å². The Morgan fingerprint density at radius 3 is 1.61 bits per heavy atom. The summed E-state index contributed by atoms with van der Waals surface area (Å²) >= 11 is 0. The molecule has 4 heteroatoms. The van der Waals surface area contributed by atoms with Crippen LogP contribution in [0.1, 0.15) is 5.56 Å². The van der Waals surface area contributed by atoms with E-state index in [9.17, 15) is 0 Å². The van der Waals surface area contributed by atoms with Crippen LogP contribution in [-0.4, -0.2) is 19.5 Å². The SMILES string of the molecule is Cc1ccc(-n2c3ccccc3c3cc(-c4ccccc4)ccc32)c(-c2nc(-c3ccccc3)nc(-c3ccccc3)n2)c1. The normalized spacial score (nSPS) is 11.3. The fraction of sp³-hybridized carbons (Fsp3) is 0.0250. The van der Waals surface area contributed by atoms with Gasteiger partial charge in [-0.05, 0) is 48.4 Å². The summed E-state index contributed by atoms with van der Waals surface area (Å²) in [4.78, 5) is 15.1. The van der Waals surface area contributed by atoms with Crippen LogP contribution in [0.4, 0.5) is 0 Å². The van der Waals surface area contributed by atoms with Gasteiger partial charge in [-0.25, -0.2) is 15.0 Å². The molecule has 2 heterocycles. The van der Waals surface area contributed by atoms with E-state index >= 15 is 0 Å². The van der Waals surface area contributed by atoms with Crippen molar-refractivity contribution in [3.05, 3.63) is 157 Å². The molecule has 0 saturated carbocycles. The van der Waals surface area contributed by atoms with E-state index in [4.69, 9.17) is 15.0 Å². The molecular weight excluding hydrogens is 536 g/mol. The van der Waals surface area contributed by atoms with E-state index in [1.165, 1.54) is 21.9 Å². The molecule has 0 unspecified atom stereocenters. The van der Waals surface area contributed by atoms with Gasteiger partial charge in [-0.15, -0.1) is 0 Å². The van der Waals surface area contributed by atoms with Crippen LogP contribution in [-0.2, 0) is 0 Å². The predicted molar refractivity (Wildman–Crippen MR) is 181 cm³/mol. The van der Waals surface area contributed by atoms with Crippen molar-refractivity contribution in [2.24, 2.45) is 0 Å². The van der Waals surface area contributed by atoms with Crippen LogP contribution >= 0.6 is 0 Å². The van der Waals surface area contributed by atoms with Crippen LogP contribution in [0.5, 0.6) is 0 Å². The summed E-state index contributed by atoms with van der Waals surface area (Å²) in [6.07, 6.45) is 0. The standard InChI is InChI=1S/C40H28N4/c1-27-21-23-37(44-35-20-12-11-19-32(35)33-26-31(22-24-36(33)44)28-13-5-2-6-14-28)34(25-27)40-42-38(29-15-7-3-8-16-29)41-39(43-40)30-17-9-4-10-18-30/h2-26H,1H3. The second-order valence-electron chi connectivity index (χ2n) is 11.0. The summed E-state index contributed by atoms with van der Waals surface area (Å²) in [6.45, 7) is 2.11. The van der Waals surface area contributed by atoms with Crippen molar-refractivity contribution >= 4 is 21.8 Å². The largest absolute Gasteiger partial charge is 0.309 e. The topological polar surface area (TPSA) is 43.6 Å². The van der Waals surface area contributed by atoms with E-state index in [1.54, 1.807) is 0 Å². The molecule has 0 aliphatic carbocycles. The molecule has 44 heavy (non-hydrogen) atoms. The van der Waals surface area contributed by atoms with Crippen LogP contribution < -0.4 is 0 Å². The Hall–Kier alpha value is -5.87. The van der Waals surface area contributed by atoms with Crippen molar-refractivity contribution in [2.75, 3.05) is 0 Å². The Morgan fingerprint density at radius 1 is 0.409 bits per heavy atom. The molecule has 0 spiro atoms. The number of aryl methyl sites for hydroxylation is 1. The smallest absolute Gasteiger partial charge is 0.166 e. The molecule has 208 valence electrons. The van der Waals surface area contributed by atoms with Crippen molar-refractivity contribution in [2.45, 2.75) is 6.92 Å². The monoisotopic (exact) mass is 564 g/mol. The number of nitrogens with zero attached hydrogens (tertiary/aromatic N) is 4. The third-order valence-electron chi connectivity index (χ3n) is 8.11. The average Bonchev–Trinajstić information content (AvgIpc) is 3.43. The van der Waals surface area contributed by atoms with Gasteiger partial charge in [0.05, 0.1) is 16.7 Å². The Morgan fingerprint density at radius 2 is 0.955 bits per heavy atom. The predicted octanol–water partition coefficient (Wildman–Crippen LogP) is 9.95. The molecule has 4 nitrogen and oxygen atoms in total. The lowest BCUT2D eigenvalue weighted by Gasteiger charge is -2.15. The third-order valence-corrected chi connectivity index (χ3v) is 8.11. The minimum Gasteiger partial charge on any atom is -0.309 e. The lowest BCUT2D eigenvalue weighted by molar-refractivity contribution is 1.06. The number of hydrogen-bond donors (Lipinski definition) is 0. The molecular formula is C40H28N4. The number of aromatic nitrogens is 4. The van der Waals surface area contributed by atoms with Crippen molar-refractivity contribution < 1.29 is 0 Å². The number of benzene rings is 6. The van der Waals surface area contributed by atoms with Gasteiger partial charge in [0.25, 0.3) is 0 Å². The quantitative estimate of drug-likeness (QED) is 0.209. The van der Waals surface area contributed by atoms with Crippen molar-refractivity contribution in [3.63, 3.8) is 0 Å². The maximum absolute atomic E-state index is 5.09. The van der Waals surface area contributed by atoms with Crippen LogP contribution in [0.2, 0.25) is 0 Å². The summed E-state index contributed by atoms with van der Waals surface area (Å²) < 4.78 is 2.35. The number of rotatable bonds is 5. The molecule has 0 aliphatic rings. The fourth-order valence-corrected chi connectivity index (χ4v) is 6.00. The highest BCUT2D eigenvalue weighted by Gasteiger charge is 2.19. The Balaban J connectivity index is 1.39. The second-order valence-corrected chi connectivity index (χ2v) is 11.0. The number of para-hydroxylation sites is 1. The molecule has 2 aromatic heterocycles. The average molecular weight is 565 g/mol. The first-order chi connectivity index (χ1) is 21.7. The zero-order valence-electron chi connectivity index (χ0n) is 24.2. The Bertz CT molecular complexity index is 2210. The minimum atomic E-state index is 0.642. The molecule has 0 fully saturated rings. The van der Waals surface area contributed by atoms with Gasteiger partial charge in [0.2, 0.25) is 0 Å². The summed E-state index contributed by atoms with van der Waals surface area (Å²) in [6, 6.07) is 52.7. The van der Waals surface area contributed by atoms with Gasteiger partial charge in [0, 0.05) is 27.5 Å². The van der Waals surface area contributed by atoms with Gasteiger partial charge in [-0.3, -0.25) is 0 Å². The summed E-state index contributed by atoms with van der Waals surface area (Å²) in [5.74, 6) is 1.94. The molecule has 0 amide bonds. The Kier molecular flexibility index (Phi) is 6.31. The highest BCUT2D eigenvalue weighted by Crippen LogP contribution is 2.38. The van der Waals surface area contributed by atoms with Crippen molar-refractivity contribution in [1.82, 2.24) is 19.5 Å².